The molecule has 3 rings (SSSR count). The summed E-state index contributed by atoms with van der Waals surface area (Å²) in [4.78, 5) is 22.8. The van der Waals surface area contributed by atoms with Gasteiger partial charge in [-0.1, -0.05) is 31.4 Å². The number of nitrogens with one attached hydrogen (secondary N) is 3. The second-order valence-electron chi connectivity index (χ2n) is 7.76. The van der Waals surface area contributed by atoms with Gasteiger partial charge >= 0.3 is 0 Å². The molecule has 0 saturated heterocycles. The maximum absolute atomic E-state index is 12.5. The van der Waals surface area contributed by atoms with E-state index in [1.807, 2.05) is 30.5 Å². The van der Waals surface area contributed by atoms with Crippen molar-refractivity contribution < 1.29 is 4.79 Å². The van der Waals surface area contributed by atoms with Gasteiger partial charge in [-0.3, -0.25) is 4.79 Å². The Morgan fingerprint density at radius 1 is 1.23 bits per heavy atom. The van der Waals surface area contributed by atoms with E-state index in [0.717, 1.165) is 67.4 Å². The number of nitrogens with zero attached hydrogens (tertiary/aromatic N) is 2. The Hall–Kier alpha value is -2.41. The smallest absolute Gasteiger partial charge is 0.227 e. The summed E-state index contributed by atoms with van der Waals surface area (Å²) in [5.41, 5.74) is 1.93. The summed E-state index contributed by atoms with van der Waals surface area (Å²) in [6.07, 6.45) is 8.39. The van der Waals surface area contributed by atoms with E-state index in [1.165, 1.54) is 11.3 Å². The number of aryl methyl sites for hydroxylation is 1. The number of hydrogen-bond acceptors (Lipinski definition) is 4. The van der Waals surface area contributed by atoms with Crippen molar-refractivity contribution in [2.24, 2.45) is 10.9 Å². The molecule has 0 unspecified atom stereocenters. The fourth-order valence-electron chi connectivity index (χ4n) is 3.67. The molecule has 30 heavy (non-hydrogen) atoms. The zero-order chi connectivity index (χ0) is 21.2. The highest BCUT2D eigenvalue weighted by atomic mass is 32.1. The van der Waals surface area contributed by atoms with E-state index < -0.39 is 0 Å². The number of carbonyl (C=O) groups is 1. The monoisotopic (exact) mass is 427 g/mol. The van der Waals surface area contributed by atoms with Gasteiger partial charge in [0.2, 0.25) is 5.91 Å². The zero-order valence-electron chi connectivity index (χ0n) is 18.0. The van der Waals surface area contributed by atoms with Crippen LogP contribution in [0.5, 0.6) is 0 Å². The third kappa shape index (κ3) is 7.13. The molecule has 3 N–H and O–H groups in total. The van der Waals surface area contributed by atoms with E-state index in [1.54, 1.807) is 11.3 Å². The number of aliphatic imine (C=N–C) groups is 1. The van der Waals surface area contributed by atoms with Crippen molar-refractivity contribution in [3.63, 3.8) is 0 Å². The van der Waals surface area contributed by atoms with Crippen LogP contribution < -0.4 is 16.0 Å². The zero-order valence-corrected chi connectivity index (χ0v) is 18.9. The highest BCUT2D eigenvalue weighted by molar-refractivity contribution is 7.11. The summed E-state index contributed by atoms with van der Waals surface area (Å²) in [5, 5.41) is 10.9. The van der Waals surface area contributed by atoms with Crippen LogP contribution in [0.3, 0.4) is 0 Å². The van der Waals surface area contributed by atoms with E-state index in [4.69, 9.17) is 4.99 Å². The Bertz CT molecular complexity index is 842. The Balaban J connectivity index is 1.52. The molecule has 0 bridgehead atoms. The van der Waals surface area contributed by atoms with Gasteiger partial charge in [0.05, 0.1) is 11.6 Å². The van der Waals surface area contributed by atoms with Gasteiger partial charge in [-0.15, -0.1) is 11.3 Å². The van der Waals surface area contributed by atoms with E-state index in [9.17, 15) is 4.79 Å². The lowest BCUT2D eigenvalue weighted by Crippen LogP contribution is -2.38. The molecule has 1 amide bonds. The maximum atomic E-state index is 12.5. The number of hydrogen-bond donors (Lipinski definition) is 3. The molecule has 1 fully saturated rings. The van der Waals surface area contributed by atoms with Crippen LogP contribution in [0.15, 0.2) is 35.5 Å². The van der Waals surface area contributed by atoms with Crippen molar-refractivity contribution in [3.8, 4) is 0 Å². The van der Waals surface area contributed by atoms with Crippen LogP contribution in [-0.4, -0.2) is 29.9 Å². The number of amides is 1. The lowest BCUT2D eigenvalue weighted by molar-refractivity contribution is -0.120. The number of benzene rings is 1. The van der Waals surface area contributed by atoms with Crippen LogP contribution in [0.25, 0.3) is 0 Å². The predicted octanol–water partition coefficient (Wildman–Crippen LogP) is 4.27. The molecule has 0 aliphatic heterocycles. The van der Waals surface area contributed by atoms with Gasteiger partial charge in [-0.25, -0.2) is 9.98 Å². The van der Waals surface area contributed by atoms with Crippen LogP contribution in [0.1, 0.15) is 54.5 Å². The molecule has 1 aliphatic carbocycles. The second kappa shape index (κ2) is 11.7. The molecule has 0 spiro atoms. The van der Waals surface area contributed by atoms with Crippen LogP contribution in [0.4, 0.5) is 5.69 Å². The molecule has 1 saturated carbocycles. The summed E-state index contributed by atoms with van der Waals surface area (Å²) >= 11 is 1.73. The molecule has 1 aromatic carbocycles. The normalized spacial score (nSPS) is 15.1. The summed E-state index contributed by atoms with van der Waals surface area (Å²) in [7, 11) is 0. The van der Waals surface area contributed by atoms with E-state index in [0.29, 0.717) is 6.54 Å². The fourth-order valence-corrected chi connectivity index (χ4v) is 4.46. The van der Waals surface area contributed by atoms with Crippen LogP contribution in [-0.2, 0) is 17.8 Å². The van der Waals surface area contributed by atoms with Gasteiger partial charge < -0.3 is 16.0 Å². The van der Waals surface area contributed by atoms with Gasteiger partial charge in [0.15, 0.2) is 5.96 Å². The van der Waals surface area contributed by atoms with Crippen LogP contribution in [0.2, 0.25) is 0 Å². The van der Waals surface area contributed by atoms with Gasteiger partial charge in [0.25, 0.3) is 0 Å². The first-order chi connectivity index (χ1) is 14.6. The Kier molecular flexibility index (Phi) is 8.68. The number of guanidine groups is 1. The minimum Gasteiger partial charge on any atom is -0.357 e. The minimum atomic E-state index is 0.155. The molecule has 0 radical (unpaired) electrons. The third-order valence-electron chi connectivity index (χ3n) is 5.23. The molecule has 7 heteroatoms. The van der Waals surface area contributed by atoms with Crippen molar-refractivity contribution in [2.45, 2.75) is 58.9 Å². The first-order valence-corrected chi connectivity index (χ1v) is 11.8. The fraction of sp³-hybridized carbons (Fsp3) is 0.522. The first kappa shape index (κ1) is 22.3. The topological polar surface area (TPSA) is 78.4 Å². The van der Waals surface area contributed by atoms with Crippen molar-refractivity contribution in [3.05, 3.63) is 45.9 Å². The van der Waals surface area contributed by atoms with Gasteiger partial charge in [0.1, 0.15) is 0 Å². The first-order valence-electron chi connectivity index (χ1n) is 11.0. The number of anilines is 1. The van der Waals surface area contributed by atoms with Crippen LogP contribution in [0, 0.1) is 12.8 Å². The van der Waals surface area contributed by atoms with Gasteiger partial charge in [-0.05, 0) is 44.4 Å². The predicted molar refractivity (Wildman–Crippen MR) is 125 cm³/mol. The van der Waals surface area contributed by atoms with Crippen LogP contribution >= 0.6 is 11.3 Å². The lowest BCUT2D eigenvalue weighted by atomic mass is 9.88. The van der Waals surface area contributed by atoms with Crippen molar-refractivity contribution in [2.75, 3.05) is 18.4 Å². The molecule has 0 atom stereocenters. The highest BCUT2D eigenvalue weighted by Crippen LogP contribution is 2.25. The van der Waals surface area contributed by atoms with Crippen molar-refractivity contribution in [1.29, 1.82) is 0 Å². The average Bonchev–Trinajstić information content (AvgIpc) is 3.18. The van der Waals surface area contributed by atoms with Crippen molar-refractivity contribution >= 4 is 28.9 Å². The molecular formula is C23H33N5OS. The van der Waals surface area contributed by atoms with E-state index >= 15 is 0 Å². The summed E-state index contributed by atoms with van der Waals surface area (Å²) in [6.45, 7) is 6.28. The second-order valence-corrected chi connectivity index (χ2v) is 9.08. The number of aromatic nitrogens is 1. The third-order valence-corrected chi connectivity index (χ3v) is 6.21. The molecule has 1 aromatic heterocycles. The number of thiazole rings is 1. The summed E-state index contributed by atoms with van der Waals surface area (Å²) < 4.78 is 0. The highest BCUT2D eigenvalue weighted by Gasteiger charge is 2.21. The Labute approximate surface area is 183 Å². The van der Waals surface area contributed by atoms with Gasteiger partial charge in [0, 0.05) is 42.2 Å². The molecule has 1 heterocycles. The van der Waals surface area contributed by atoms with E-state index in [-0.39, 0.29) is 11.8 Å². The lowest BCUT2D eigenvalue weighted by Gasteiger charge is -2.20. The summed E-state index contributed by atoms with van der Waals surface area (Å²) in [6, 6.07) is 7.99. The quantitative estimate of drug-likeness (QED) is 0.434. The molecule has 2 aromatic rings. The average molecular weight is 428 g/mol. The number of carbonyl (C=O) groups excluding carboxylic acids is 1. The number of rotatable bonds is 8. The SMILES string of the molecule is CCNC(=NCc1cccc(NC(=O)C2CCCCC2)c1)NCCc1ncc(C)s1. The van der Waals surface area contributed by atoms with Gasteiger partial charge in [-0.2, -0.15) is 0 Å². The standard InChI is InChI=1S/C23H33N5OS/c1-3-24-23(25-13-12-21-26-15-17(2)30-21)27-16-18-8-7-11-20(14-18)28-22(29)19-9-5-4-6-10-19/h7-8,11,14-15,19H,3-6,9-10,12-13,16H2,1-2H3,(H,28,29)(H2,24,25,27). The summed E-state index contributed by atoms with van der Waals surface area (Å²) in [5.74, 6) is 1.11. The van der Waals surface area contributed by atoms with Crippen molar-refractivity contribution in [1.82, 2.24) is 15.6 Å². The maximum Gasteiger partial charge on any atom is 0.227 e. The Morgan fingerprint density at radius 3 is 2.80 bits per heavy atom. The molecule has 1 aliphatic rings. The molecular weight excluding hydrogens is 394 g/mol. The largest absolute Gasteiger partial charge is 0.357 e. The van der Waals surface area contributed by atoms with E-state index in [2.05, 4.69) is 34.8 Å². The Morgan fingerprint density at radius 2 is 2.07 bits per heavy atom. The minimum absolute atomic E-state index is 0.155. The molecule has 6 nitrogen and oxygen atoms in total. The molecule has 162 valence electrons.